The Hall–Kier alpha value is -1.30. The summed E-state index contributed by atoms with van der Waals surface area (Å²) in [6.45, 7) is 0.198. The second-order valence-corrected chi connectivity index (χ2v) is 5.69. The van der Waals surface area contributed by atoms with Crippen LogP contribution in [0.1, 0.15) is 17.2 Å². The molecule has 0 fully saturated rings. The number of aromatic nitrogens is 1. The van der Waals surface area contributed by atoms with Gasteiger partial charge in [-0.15, -0.1) is 0 Å². The van der Waals surface area contributed by atoms with Crippen molar-refractivity contribution in [2.24, 2.45) is 0 Å². The van der Waals surface area contributed by atoms with Gasteiger partial charge < -0.3 is 14.6 Å². The van der Waals surface area contributed by atoms with Gasteiger partial charge in [0.2, 0.25) is 6.79 Å². The number of pyridine rings is 1. The van der Waals surface area contributed by atoms with Crippen molar-refractivity contribution in [2.45, 2.75) is 12.5 Å². The van der Waals surface area contributed by atoms with E-state index in [1.54, 1.807) is 24.5 Å². The summed E-state index contributed by atoms with van der Waals surface area (Å²) in [6.07, 6.45) is 2.96. The van der Waals surface area contributed by atoms with Gasteiger partial charge in [0.05, 0.1) is 15.6 Å². The summed E-state index contributed by atoms with van der Waals surface area (Å²) >= 11 is 9.47. The maximum absolute atomic E-state index is 10.4. The van der Waals surface area contributed by atoms with Gasteiger partial charge in [0.15, 0.2) is 11.5 Å². The highest BCUT2D eigenvalue weighted by atomic mass is 79.9. The predicted molar refractivity (Wildman–Crippen MR) is 78.2 cm³/mol. The molecule has 1 aliphatic heterocycles. The summed E-state index contributed by atoms with van der Waals surface area (Å²) in [7, 11) is 0. The number of halogens is 2. The van der Waals surface area contributed by atoms with E-state index in [2.05, 4.69) is 20.9 Å². The van der Waals surface area contributed by atoms with E-state index < -0.39 is 6.10 Å². The molecule has 1 unspecified atom stereocenters. The molecule has 6 heteroatoms. The molecule has 20 heavy (non-hydrogen) atoms. The molecule has 1 aromatic heterocycles. The van der Waals surface area contributed by atoms with Gasteiger partial charge in [-0.05, 0) is 45.3 Å². The Morgan fingerprint density at radius 1 is 1.40 bits per heavy atom. The van der Waals surface area contributed by atoms with Crippen LogP contribution in [0.3, 0.4) is 0 Å². The van der Waals surface area contributed by atoms with Crippen molar-refractivity contribution in [3.63, 3.8) is 0 Å². The quantitative estimate of drug-likeness (QED) is 0.914. The molecule has 0 spiro atoms. The first kappa shape index (κ1) is 13.7. The normalized spacial score (nSPS) is 14.3. The molecular formula is C14H11BrClNO3. The van der Waals surface area contributed by atoms with Crippen LogP contribution in [0.5, 0.6) is 11.5 Å². The topological polar surface area (TPSA) is 51.6 Å². The van der Waals surface area contributed by atoms with Crippen molar-refractivity contribution in [1.82, 2.24) is 4.98 Å². The fourth-order valence-electron chi connectivity index (χ4n) is 2.08. The van der Waals surface area contributed by atoms with Crippen LogP contribution in [-0.4, -0.2) is 16.9 Å². The average Bonchev–Trinajstić information content (AvgIpc) is 2.90. The van der Waals surface area contributed by atoms with Crippen LogP contribution < -0.4 is 9.47 Å². The van der Waals surface area contributed by atoms with Gasteiger partial charge in [-0.3, -0.25) is 4.98 Å². The van der Waals surface area contributed by atoms with Gasteiger partial charge >= 0.3 is 0 Å². The summed E-state index contributed by atoms with van der Waals surface area (Å²) < 4.78 is 11.4. The Kier molecular flexibility index (Phi) is 3.83. The average molecular weight is 357 g/mol. The lowest BCUT2D eigenvalue weighted by atomic mass is 10.0. The number of benzene rings is 1. The highest BCUT2D eigenvalue weighted by molar-refractivity contribution is 9.10. The molecule has 2 heterocycles. The van der Waals surface area contributed by atoms with Crippen molar-refractivity contribution >= 4 is 27.5 Å². The van der Waals surface area contributed by atoms with Crippen LogP contribution in [0.4, 0.5) is 0 Å². The Bertz CT molecular complexity index is 650. The first-order chi connectivity index (χ1) is 9.65. The monoisotopic (exact) mass is 355 g/mol. The molecule has 0 saturated carbocycles. The number of fused-ring (bicyclic) bond motifs is 1. The zero-order valence-electron chi connectivity index (χ0n) is 10.3. The third-order valence-electron chi connectivity index (χ3n) is 3.10. The number of nitrogens with zero attached hydrogens (tertiary/aromatic N) is 1. The van der Waals surface area contributed by atoms with Crippen LogP contribution in [-0.2, 0) is 6.42 Å². The van der Waals surface area contributed by atoms with Gasteiger partial charge in [0.25, 0.3) is 0 Å². The molecule has 1 N–H and O–H groups in total. The number of aliphatic hydroxyl groups excluding tert-OH is 1. The Morgan fingerprint density at radius 2 is 2.25 bits per heavy atom. The molecule has 0 radical (unpaired) electrons. The summed E-state index contributed by atoms with van der Waals surface area (Å²) in [5, 5.41) is 10.9. The number of ether oxygens (including phenoxy) is 2. The standard InChI is InChI=1S/C14H11BrClNO3/c15-10-3-9(5-13-14(10)20-7-19-13)12(18)4-8-1-2-17-6-11(8)16/h1-3,5-6,12,18H,4,7H2. The van der Waals surface area contributed by atoms with E-state index in [-0.39, 0.29) is 6.79 Å². The SMILES string of the molecule is OC(Cc1ccncc1Cl)c1cc(Br)c2c(c1)OCO2. The predicted octanol–water partition coefficient (Wildman–Crippen LogP) is 3.50. The third kappa shape index (κ3) is 2.61. The van der Waals surface area contributed by atoms with Gasteiger partial charge in [0, 0.05) is 18.8 Å². The van der Waals surface area contributed by atoms with E-state index >= 15 is 0 Å². The van der Waals surface area contributed by atoms with E-state index in [0.717, 1.165) is 15.6 Å². The molecule has 0 amide bonds. The second kappa shape index (κ2) is 5.60. The summed E-state index contributed by atoms with van der Waals surface area (Å²) in [5.74, 6) is 1.30. The molecule has 0 bridgehead atoms. The highest BCUT2D eigenvalue weighted by Crippen LogP contribution is 2.41. The highest BCUT2D eigenvalue weighted by Gasteiger charge is 2.21. The van der Waals surface area contributed by atoms with Crippen LogP contribution in [0.25, 0.3) is 0 Å². The smallest absolute Gasteiger partial charge is 0.231 e. The van der Waals surface area contributed by atoms with Crippen molar-refractivity contribution in [3.8, 4) is 11.5 Å². The van der Waals surface area contributed by atoms with E-state index in [4.69, 9.17) is 21.1 Å². The van der Waals surface area contributed by atoms with E-state index in [1.165, 1.54) is 0 Å². The minimum absolute atomic E-state index is 0.198. The summed E-state index contributed by atoms with van der Waals surface area (Å²) in [4.78, 5) is 3.93. The van der Waals surface area contributed by atoms with Gasteiger partial charge in [0.1, 0.15) is 0 Å². The van der Waals surface area contributed by atoms with Crippen molar-refractivity contribution < 1.29 is 14.6 Å². The largest absolute Gasteiger partial charge is 0.454 e. The number of rotatable bonds is 3. The van der Waals surface area contributed by atoms with E-state index in [0.29, 0.717) is 22.9 Å². The van der Waals surface area contributed by atoms with Gasteiger partial charge in [-0.25, -0.2) is 0 Å². The van der Waals surface area contributed by atoms with Crippen molar-refractivity contribution in [3.05, 3.63) is 51.2 Å². The fourth-order valence-corrected chi connectivity index (χ4v) is 2.85. The first-order valence-corrected chi connectivity index (χ1v) is 7.17. The van der Waals surface area contributed by atoms with Crippen LogP contribution in [0.15, 0.2) is 35.1 Å². The van der Waals surface area contributed by atoms with Crippen LogP contribution >= 0.6 is 27.5 Å². The minimum Gasteiger partial charge on any atom is -0.454 e. The molecule has 104 valence electrons. The fraction of sp³-hybridized carbons (Fsp3) is 0.214. The lowest BCUT2D eigenvalue weighted by Gasteiger charge is -2.13. The molecule has 0 aliphatic carbocycles. The van der Waals surface area contributed by atoms with Crippen LogP contribution in [0.2, 0.25) is 5.02 Å². The molecule has 1 aromatic carbocycles. The first-order valence-electron chi connectivity index (χ1n) is 6.00. The maximum Gasteiger partial charge on any atom is 0.231 e. The number of hydrogen-bond acceptors (Lipinski definition) is 4. The van der Waals surface area contributed by atoms with Gasteiger partial charge in [-0.2, -0.15) is 0 Å². The lowest BCUT2D eigenvalue weighted by molar-refractivity contribution is 0.171. The Balaban J connectivity index is 1.86. The molecule has 0 saturated heterocycles. The number of aliphatic hydroxyl groups is 1. The Labute approximate surface area is 129 Å². The van der Waals surface area contributed by atoms with E-state index in [1.807, 2.05) is 6.07 Å². The molecule has 1 aliphatic rings. The summed E-state index contributed by atoms with van der Waals surface area (Å²) in [6, 6.07) is 5.41. The van der Waals surface area contributed by atoms with E-state index in [9.17, 15) is 5.11 Å². The van der Waals surface area contributed by atoms with Crippen LogP contribution in [0, 0.1) is 0 Å². The zero-order chi connectivity index (χ0) is 14.1. The molecular weight excluding hydrogens is 346 g/mol. The molecule has 4 nitrogen and oxygen atoms in total. The van der Waals surface area contributed by atoms with Crippen molar-refractivity contribution in [2.75, 3.05) is 6.79 Å². The van der Waals surface area contributed by atoms with Gasteiger partial charge in [-0.1, -0.05) is 11.6 Å². The molecule has 1 atom stereocenters. The summed E-state index contributed by atoms with van der Waals surface area (Å²) in [5.41, 5.74) is 1.59. The zero-order valence-corrected chi connectivity index (χ0v) is 12.7. The molecule has 3 rings (SSSR count). The molecule has 2 aromatic rings. The second-order valence-electron chi connectivity index (χ2n) is 4.42. The Morgan fingerprint density at radius 3 is 3.05 bits per heavy atom. The van der Waals surface area contributed by atoms with Crippen molar-refractivity contribution in [1.29, 1.82) is 0 Å². The maximum atomic E-state index is 10.4. The third-order valence-corrected chi connectivity index (χ3v) is 4.03. The number of hydrogen-bond donors (Lipinski definition) is 1. The lowest BCUT2D eigenvalue weighted by Crippen LogP contribution is -2.03. The minimum atomic E-state index is -0.680.